The molecule has 0 aliphatic heterocycles. The molecule has 5 nitrogen and oxygen atoms in total. The Hall–Kier alpha value is -2.48. The Morgan fingerprint density at radius 3 is 2.70 bits per heavy atom. The molecule has 0 aromatic heterocycles. The van der Waals surface area contributed by atoms with E-state index in [9.17, 15) is 10.1 Å². The van der Waals surface area contributed by atoms with Crippen molar-refractivity contribution in [3.8, 4) is 11.8 Å². The van der Waals surface area contributed by atoms with Gasteiger partial charge in [0.1, 0.15) is 11.5 Å². The second kappa shape index (κ2) is 8.23. The average molecular weight is 315 g/mol. The monoisotopic (exact) mass is 315 g/mol. The van der Waals surface area contributed by atoms with Crippen molar-refractivity contribution in [2.75, 3.05) is 20.3 Å². The van der Waals surface area contributed by atoms with Crippen LogP contribution in [0.25, 0.3) is 0 Å². The molecule has 1 aromatic rings. The number of esters is 1. The minimum absolute atomic E-state index is 0.203. The standard InChI is InChI=1S/C18H21NO4/c1-3-22-18(20)14-4-7-15(8-5-14)23-11-10-13-6-9-17(21-2)16(13)12-19/h4-5,7-8,13H,3,6,9-11H2,1-2H3. The molecule has 0 bridgehead atoms. The van der Waals surface area contributed by atoms with E-state index in [4.69, 9.17) is 14.2 Å². The molecule has 2 rings (SSSR count). The molecule has 0 spiro atoms. The van der Waals surface area contributed by atoms with Gasteiger partial charge in [0.05, 0.1) is 37.5 Å². The zero-order valence-corrected chi connectivity index (χ0v) is 13.5. The lowest BCUT2D eigenvalue weighted by Crippen LogP contribution is -2.07. The van der Waals surface area contributed by atoms with Crippen molar-refractivity contribution < 1.29 is 19.0 Å². The summed E-state index contributed by atoms with van der Waals surface area (Å²) < 4.78 is 15.9. The summed E-state index contributed by atoms with van der Waals surface area (Å²) in [5, 5.41) is 9.21. The molecule has 0 saturated heterocycles. The van der Waals surface area contributed by atoms with Crippen molar-refractivity contribution in [1.29, 1.82) is 5.26 Å². The van der Waals surface area contributed by atoms with Gasteiger partial charge in [-0.05, 0) is 44.0 Å². The van der Waals surface area contributed by atoms with Gasteiger partial charge in [0.25, 0.3) is 0 Å². The van der Waals surface area contributed by atoms with Gasteiger partial charge in [0, 0.05) is 12.3 Å². The largest absolute Gasteiger partial charge is 0.500 e. The molecule has 23 heavy (non-hydrogen) atoms. The summed E-state index contributed by atoms with van der Waals surface area (Å²) in [4.78, 5) is 11.6. The Morgan fingerprint density at radius 2 is 2.09 bits per heavy atom. The van der Waals surface area contributed by atoms with Gasteiger partial charge in [0.2, 0.25) is 0 Å². The minimum Gasteiger partial charge on any atom is -0.500 e. The number of ether oxygens (including phenoxy) is 3. The number of hydrogen-bond donors (Lipinski definition) is 0. The highest BCUT2D eigenvalue weighted by molar-refractivity contribution is 5.89. The zero-order chi connectivity index (χ0) is 16.7. The van der Waals surface area contributed by atoms with Crippen LogP contribution in [0.15, 0.2) is 35.6 Å². The first kappa shape index (κ1) is 16.9. The smallest absolute Gasteiger partial charge is 0.338 e. The summed E-state index contributed by atoms with van der Waals surface area (Å²) in [5.74, 6) is 1.37. The number of nitriles is 1. The van der Waals surface area contributed by atoms with E-state index in [-0.39, 0.29) is 11.9 Å². The molecule has 122 valence electrons. The Bertz CT molecular complexity index is 613. The fraction of sp³-hybridized carbons (Fsp3) is 0.444. The maximum absolute atomic E-state index is 11.6. The number of carbonyl (C=O) groups excluding carboxylic acids is 1. The lowest BCUT2D eigenvalue weighted by molar-refractivity contribution is 0.0526. The van der Waals surface area contributed by atoms with E-state index in [1.807, 2.05) is 0 Å². The number of methoxy groups -OCH3 is 1. The van der Waals surface area contributed by atoms with Gasteiger partial charge in [0.15, 0.2) is 0 Å². The first-order chi connectivity index (χ1) is 11.2. The minimum atomic E-state index is -0.333. The number of hydrogen-bond acceptors (Lipinski definition) is 5. The zero-order valence-electron chi connectivity index (χ0n) is 13.5. The van der Waals surface area contributed by atoms with E-state index >= 15 is 0 Å². The van der Waals surface area contributed by atoms with Gasteiger partial charge in [-0.1, -0.05) is 0 Å². The van der Waals surface area contributed by atoms with Gasteiger partial charge in [-0.25, -0.2) is 4.79 Å². The molecular weight excluding hydrogens is 294 g/mol. The van der Waals surface area contributed by atoms with Crippen LogP contribution in [0.4, 0.5) is 0 Å². The molecule has 0 heterocycles. The summed E-state index contributed by atoms with van der Waals surface area (Å²) in [7, 11) is 1.61. The molecule has 1 aliphatic rings. The first-order valence-electron chi connectivity index (χ1n) is 7.76. The highest BCUT2D eigenvalue weighted by atomic mass is 16.5. The predicted molar refractivity (Wildman–Crippen MR) is 84.9 cm³/mol. The summed E-state index contributed by atoms with van der Waals surface area (Å²) in [5.41, 5.74) is 1.25. The lowest BCUT2D eigenvalue weighted by atomic mass is 9.99. The first-order valence-corrected chi connectivity index (χ1v) is 7.76. The Labute approximate surface area is 136 Å². The van der Waals surface area contributed by atoms with Crippen molar-refractivity contribution in [2.45, 2.75) is 26.2 Å². The van der Waals surface area contributed by atoms with Crippen molar-refractivity contribution in [2.24, 2.45) is 5.92 Å². The van der Waals surface area contributed by atoms with Crippen LogP contribution in [-0.4, -0.2) is 26.3 Å². The topological polar surface area (TPSA) is 68.6 Å². The van der Waals surface area contributed by atoms with Crippen molar-refractivity contribution in [3.05, 3.63) is 41.2 Å². The Kier molecular flexibility index (Phi) is 6.04. The quantitative estimate of drug-likeness (QED) is 0.721. The van der Waals surface area contributed by atoms with Crippen LogP contribution in [0, 0.1) is 17.2 Å². The molecule has 1 aliphatic carbocycles. The Balaban J connectivity index is 1.84. The van der Waals surface area contributed by atoms with Gasteiger partial charge < -0.3 is 14.2 Å². The summed E-state index contributed by atoms with van der Waals surface area (Å²) in [6.07, 6.45) is 2.52. The van der Waals surface area contributed by atoms with Gasteiger partial charge in [-0.3, -0.25) is 0 Å². The van der Waals surface area contributed by atoms with E-state index in [1.165, 1.54) is 0 Å². The highest BCUT2D eigenvalue weighted by Crippen LogP contribution is 2.34. The van der Waals surface area contributed by atoms with Crippen LogP contribution in [0.3, 0.4) is 0 Å². The molecule has 0 radical (unpaired) electrons. The number of rotatable bonds is 7. The van der Waals surface area contributed by atoms with Crippen molar-refractivity contribution in [3.63, 3.8) is 0 Å². The molecule has 0 N–H and O–H groups in total. The third-order valence-electron chi connectivity index (χ3n) is 3.90. The van der Waals surface area contributed by atoms with Crippen molar-refractivity contribution in [1.82, 2.24) is 0 Å². The van der Waals surface area contributed by atoms with Crippen LogP contribution in [0.2, 0.25) is 0 Å². The maximum Gasteiger partial charge on any atom is 0.338 e. The van der Waals surface area contributed by atoms with Crippen LogP contribution in [-0.2, 0) is 9.47 Å². The predicted octanol–water partition coefficient (Wildman–Crippen LogP) is 3.47. The third kappa shape index (κ3) is 4.26. The number of nitrogens with zero attached hydrogens (tertiary/aromatic N) is 1. The lowest BCUT2D eigenvalue weighted by Gasteiger charge is -2.11. The fourth-order valence-corrected chi connectivity index (χ4v) is 2.69. The number of benzene rings is 1. The van der Waals surface area contributed by atoms with Gasteiger partial charge >= 0.3 is 5.97 Å². The average Bonchev–Trinajstić information content (AvgIpc) is 2.97. The maximum atomic E-state index is 11.6. The van der Waals surface area contributed by atoms with Crippen LogP contribution in [0.1, 0.15) is 36.5 Å². The van der Waals surface area contributed by atoms with Crippen LogP contribution >= 0.6 is 0 Å². The van der Waals surface area contributed by atoms with E-state index in [0.29, 0.717) is 24.5 Å². The third-order valence-corrected chi connectivity index (χ3v) is 3.90. The highest BCUT2D eigenvalue weighted by Gasteiger charge is 2.26. The second-order valence-corrected chi connectivity index (χ2v) is 5.27. The molecule has 0 amide bonds. The SMILES string of the molecule is CCOC(=O)c1ccc(OCCC2CCC(OC)=C2C#N)cc1. The molecule has 1 unspecified atom stereocenters. The molecule has 0 saturated carbocycles. The van der Waals surface area contributed by atoms with E-state index in [1.54, 1.807) is 38.3 Å². The van der Waals surface area contributed by atoms with Crippen molar-refractivity contribution >= 4 is 5.97 Å². The van der Waals surface area contributed by atoms with E-state index < -0.39 is 0 Å². The number of carbonyl (C=O) groups is 1. The number of allylic oxidation sites excluding steroid dienone is 2. The Morgan fingerprint density at radius 1 is 1.35 bits per heavy atom. The molecule has 0 fully saturated rings. The summed E-state index contributed by atoms with van der Waals surface area (Å²) in [6, 6.07) is 9.12. The second-order valence-electron chi connectivity index (χ2n) is 5.27. The molecular formula is C18H21NO4. The molecule has 5 heteroatoms. The van der Waals surface area contributed by atoms with Gasteiger partial charge in [-0.15, -0.1) is 0 Å². The van der Waals surface area contributed by atoms with E-state index in [2.05, 4.69) is 6.07 Å². The summed E-state index contributed by atoms with van der Waals surface area (Å²) in [6.45, 7) is 2.65. The summed E-state index contributed by atoms with van der Waals surface area (Å²) >= 11 is 0. The fourth-order valence-electron chi connectivity index (χ4n) is 2.69. The van der Waals surface area contributed by atoms with E-state index in [0.717, 1.165) is 30.6 Å². The normalized spacial score (nSPS) is 16.8. The van der Waals surface area contributed by atoms with Crippen LogP contribution in [0.5, 0.6) is 5.75 Å². The van der Waals surface area contributed by atoms with Gasteiger partial charge in [-0.2, -0.15) is 5.26 Å². The molecule has 1 aromatic carbocycles. The van der Waals surface area contributed by atoms with Crippen LogP contribution < -0.4 is 4.74 Å². The molecule has 1 atom stereocenters.